The number of nitrogens with one attached hydrogen (secondary N) is 1. The van der Waals surface area contributed by atoms with Crippen LogP contribution in [0.1, 0.15) is 14.5 Å². The third-order valence-corrected chi connectivity index (χ3v) is 1.63. The molecule has 0 radical (unpaired) electrons. The SMILES string of the molecule is [2H]c1cccc(Cl)c1C(=O)NC([2H])([2H])C(=O)O. The lowest BCUT2D eigenvalue weighted by Gasteiger charge is -2.03. The minimum Gasteiger partial charge on any atom is -0.480 e. The van der Waals surface area contributed by atoms with Crippen LogP contribution in [-0.4, -0.2) is 23.5 Å². The van der Waals surface area contributed by atoms with Gasteiger partial charge >= 0.3 is 5.97 Å². The smallest absolute Gasteiger partial charge is 0.322 e. The van der Waals surface area contributed by atoms with E-state index in [1.165, 1.54) is 18.2 Å². The predicted molar refractivity (Wildman–Crippen MR) is 51.4 cm³/mol. The molecule has 0 aliphatic rings. The van der Waals surface area contributed by atoms with E-state index in [4.69, 9.17) is 20.8 Å². The van der Waals surface area contributed by atoms with Crippen molar-refractivity contribution in [1.82, 2.24) is 5.32 Å². The van der Waals surface area contributed by atoms with Crippen LogP contribution in [0.2, 0.25) is 5.02 Å². The van der Waals surface area contributed by atoms with Gasteiger partial charge in [-0.3, -0.25) is 9.59 Å². The van der Waals surface area contributed by atoms with Crippen LogP contribution in [0.5, 0.6) is 0 Å². The maximum absolute atomic E-state index is 11.6. The van der Waals surface area contributed by atoms with E-state index < -0.39 is 18.4 Å². The summed E-state index contributed by atoms with van der Waals surface area (Å²) in [4.78, 5) is 22.1. The highest BCUT2D eigenvalue weighted by atomic mass is 35.5. The lowest BCUT2D eigenvalue weighted by atomic mass is 10.2. The van der Waals surface area contributed by atoms with Gasteiger partial charge in [-0.25, -0.2) is 0 Å². The van der Waals surface area contributed by atoms with Gasteiger partial charge in [0.25, 0.3) is 5.91 Å². The Hall–Kier alpha value is -1.55. The van der Waals surface area contributed by atoms with Crippen molar-refractivity contribution >= 4 is 23.5 Å². The molecule has 0 heterocycles. The van der Waals surface area contributed by atoms with Crippen LogP contribution in [0.15, 0.2) is 24.2 Å². The van der Waals surface area contributed by atoms with Gasteiger partial charge in [-0.15, -0.1) is 0 Å². The van der Waals surface area contributed by atoms with E-state index in [9.17, 15) is 9.59 Å². The van der Waals surface area contributed by atoms with Gasteiger partial charge in [-0.05, 0) is 12.1 Å². The van der Waals surface area contributed by atoms with Crippen molar-refractivity contribution < 1.29 is 18.8 Å². The van der Waals surface area contributed by atoms with Crippen LogP contribution >= 0.6 is 11.6 Å². The molecule has 0 unspecified atom stereocenters. The third-order valence-electron chi connectivity index (χ3n) is 1.32. The molecule has 5 heteroatoms. The van der Waals surface area contributed by atoms with Crippen molar-refractivity contribution in [1.29, 1.82) is 0 Å². The standard InChI is InChI=1S/C9H8ClNO3/c10-7-4-2-1-3-6(7)9(14)11-5-8(12)13/h1-4H,5H2,(H,11,14)(H,12,13)/i3D,5D2. The zero-order valence-electron chi connectivity index (χ0n) is 9.87. The quantitative estimate of drug-likeness (QED) is 0.797. The number of benzene rings is 1. The molecule has 0 fully saturated rings. The Labute approximate surface area is 89.7 Å². The fourth-order valence-electron chi connectivity index (χ4n) is 0.763. The molecule has 1 rings (SSSR count). The first-order valence-electron chi connectivity index (χ1n) is 5.06. The fourth-order valence-corrected chi connectivity index (χ4v) is 0.976. The lowest BCUT2D eigenvalue weighted by Crippen LogP contribution is -2.29. The Morgan fingerprint density at radius 2 is 2.36 bits per heavy atom. The number of carbonyl (C=O) groups excluding carboxylic acids is 1. The number of carbonyl (C=O) groups is 2. The predicted octanol–water partition coefficient (Wildman–Crippen LogP) is 1.15. The van der Waals surface area contributed by atoms with Crippen molar-refractivity contribution in [3.05, 3.63) is 34.8 Å². The van der Waals surface area contributed by atoms with Gasteiger partial charge < -0.3 is 10.4 Å². The van der Waals surface area contributed by atoms with Crippen LogP contribution in [0.4, 0.5) is 0 Å². The second-order valence-corrected chi connectivity index (χ2v) is 2.68. The number of carboxylic acid groups (broad SMARTS) is 1. The third kappa shape index (κ3) is 2.74. The molecule has 74 valence electrons. The summed E-state index contributed by atoms with van der Waals surface area (Å²) in [5, 5.41) is 10.1. The first-order valence-corrected chi connectivity index (χ1v) is 3.94. The largest absolute Gasteiger partial charge is 0.480 e. The molecule has 1 aromatic carbocycles. The number of halogens is 1. The summed E-state index contributed by atoms with van der Waals surface area (Å²) >= 11 is 5.68. The molecular weight excluding hydrogens is 206 g/mol. The maximum Gasteiger partial charge on any atom is 0.322 e. The first-order chi connectivity index (χ1) is 7.75. The number of rotatable bonds is 3. The summed E-state index contributed by atoms with van der Waals surface area (Å²) < 4.78 is 21.5. The summed E-state index contributed by atoms with van der Waals surface area (Å²) in [6.45, 7) is -2.91. The molecule has 4 nitrogen and oxygen atoms in total. The molecule has 0 saturated carbocycles. The summed E-state index contributed by atoms with van der Waals surface area (Å²) in [7, 11) is 0. The molecular formula is C9H8ClNO3. The minimum absolute atomic E-state index is 0.0452. The molecule has 0 aliphatic heterocycles. The molecule has 0 spiro atoms. The van der Waals surface area contributed by atoms with Crippen molar-refractivity contribution in [2.45, 2.75) is 0 Å². The second-order valence-electron chi connectivity index (χ2n) is 2.28. The molecule has 1 amide bonds. The molecule has 0 aliphatic carbocycles. The van der Waals surface area contributed by atoms with Crippen LogP contribution in [0.25, 0.3) is 0 Å². The lowest BCUT2D eigenvalue weighted by molar-refractivity contribution is -0.135. The summed E-state index contributed by atoms with van der Waals surface area (Å²) in [5.74, 6) is -2.88. The summed E-state index contributed by atoms with van der Waals surface area (Å²) in [6.07, 6.45) is 0. The second kappa shape index (κ2) is 4.62. The van der Waals surface area contributed by atoms with E-state index in [-0.39, 0.29) is 16.6 Å². The van der Waals surface area contributed by atoms with E-state index >= 15 is 0 Å². The van der Waals surface area contributed by atoms with E-state index in [2.05, 4.69) is 0 Å². The van der Waals surface area contributed by atoms with Crippen LogP contribution < -0.4 is 5.32 Å². The maximum atomic E-state index is 11.6. The molecule has 0 aromatic heterocycles. The van der Waals surface area contributed by atoms with E-state index in [0.717, 1.165) is 0 Å². The highest BCUT2D eigenvalue weighted by Gasteiger charge is 2.09. The van der Waals surface area contributed by atoms with E-state index in [1.807, 2.05) is 0 Å². The van der Waals surface area contributed by atoms with Crippen LogP contribution in [0, 0.1) is 0 Å². The van der Waals surface area contributed by atoms with Crippen LogP contribution in [-0.2, 0) is 4.79 Å². The van der Waals surface area contributed by atoms with Crippen molar-refractivity contribution in [3.8, 4) is 0 Å². The summed E-state index contributed by atoms with van der Waals surface area (Å²) in [6, 6.07) is 3.88. The van der Waals surface area contributed by atoms with Gasteiger partial charge in [-0.2, -0.15) is 0 Å². The Balaban J connectivity index is 3.03. The fraction of sp³-hybridized carbons (Fsp3) is 0.111. The molecule has 0 bridgehead atoms. The van der Waals surface area contributed by atoms with Crippen molar-refractivity contribution in [2.24, 2.45) is 0 Å². The van der Waals surface area contributed by atoms with Gasteiger partial charge in [-0.1, -0.05) is 23.7 Å². The zero-order chi connectivity index (χ0) is 13.2. The molecule has 0 atom stereocenters. The van der Waals surface area contributed by atoms with Gasteiger partial charge in [0, 0.05) is 0 Å². The van der Waals surface area contributed by atoms with Crippen molar-refractivity contribution in [2.75, 3.05) is 6.50 Å². The van der Waals surface area contributed by atoms with Crippen molar-refractivity contribution in [3.63, 3.8) is 0 Å². The summed E-state index contributed by atoms with van der Waals surface area (Å²) in [5.41, 5.74) is -0.265. The Kier molecular flexibility index (Phi) is 2.26. The first kappa shape index (κ1) is 6.84. The monoisotopic (exact) mass is 216 g/mol. The van der Waals surface area contributed by atoms with Crippen LogP contribution in [0.3, 0.4) is 0 Å². The van der Waals surface area contributed by atoms with Gasteiger partial charge in [0.15, 0.2) is 0 Å². The molecule has 2 N–H and O–H groups in total. The number of aliphatic carboxylic acids is 1. The molecule has 1 aromatic rings. The van der Waals surface area contributed by atoms with Gasteiger partial charge in [0.2, 0.25) is 0 Å². The number of hydrogen-bond donors (Lipinski definition) is 2. The highest BCUT2D eigenvalue weighted by Crippen LogP contribution is 2.14. The van der Waals surface area contributed by atoms with Gasteiger partial charge in [0.05, 0.1) is 14.7 Å². The number of hydrogen-bond acceptors (Lipinski definition) is 2. The molecule has 0 saturated heterocycles. The number of amides is 1. The highest BCUT2D eigenvalue weighted by molar-refractivity contribution is 6.33. The Bertz CT molecular complexity index is 458. The Morgan fingerprint density at radius 3 is 2.93 bits per heavy atom. The normalized spacial score (nSPS) is 13.6. The minimum atomic E-state index is -2.91. The molecule has 14 heavy (non-hydrogen) atoms. The zero-order valence-corrected chi connectivity index (χ0v) is 7.63. The van der Waals surface area contributed by atoms with E-state index in [0.29, 0.717) is 0 Å². The van der Waals surface area contributed by atoms with E-state index in [1.54, 1.807) is 5.32 Å². The average molecular weight is 217 g/mol. The van der Waals surface area contributed by atoms with Gasteiger partial charge in [0.1, 0.15) is 6.50 Å². The topological polar surface area (TPSA) is 66.4 Å². The average Bonchev–Trinajstić information content (AvgIpc) is 2.15. The Morgan fingerprint density at radius 1 is 1.64 bits per heavy atom. The number of carboxylic acids is 1.